The molecule has 0 saturated heterocycles. The normalized spacial score (nSPS) is 12.4. The summed E-state index contributed by atoms with van der Waals surface area (Å²) in [6.45, 7) is 4.18. The number of carbonyl (C=O) groups is 2. The van der Waals surface area contributed by atoms with Crippen molar-refractivity contribution in [2.75, 3.05) is 0 Å². The Balaban J connectivity index is 4.05. The van der Waals surface area contributed by atoms with E-state index in [2.05, 4.69) is 13.0 Å². The average molecular weight is 341 g/mol. The van der Waals surface area contributed by atoms with Crippen molar-refractivity contribution in [1.82, 2.24) is 0 Å². The quantitative estimate of drug-likeness (QED) is 0.224. The fraction of sp³-hybridized carbons (Fsp3) is 0.800. The van der Waals surface area contributed by atoms with Crippen molar-refractivity contribution in [3.8, 4) is 0 Å². The Labute approximate surface area is 147 Å². The Morgan fingerprint density at radius 2 is 1.62 bits per heavy atom. The molecule has 0 fully saturated rings. The summed E-state index contributed by atoms with van der Waals surface area (Å²) in [6.07, 6.45) is 16.0. The first-order chi connectivity index (χ1) is 11.6. The summed E-state index contributed by atoms with van der Waals surface area (Å²) in [6, 6.07) is 0. The van der Waals surface area contributed by atoms with E-state index in [0.717, 1.165) is 44.9 Å². The van der Waals surface area contributed by atoms with Crippen LogP contribution in [0.15, 0.2) is 12.2 Å². The Morgan fingerprint density at radius 3 is 2.29 bits per heavy atom. The number of ether oxygens (including phenoxy) is 1. The second-order valence-corrected chi connectivity index (χ2v) is 6.40. The van der Waals surface area contributed by atoms with Crippen molar-refractivity contribution in [3.05, 3.63) is 12.2 Å². The van der Waals surface area contributed by atoms with Gasteiger partial charge in [-0.1, -0.05) is 52.0 Å². The number of carboxylic acids is 1. The van der Waals surface area contributed by atoms with E-state index in [4.69, 9.17) is 9.84 Å². The van der Waals surface area contributed by atoms with Gasteiger partial charge in [-0.25, -0.2) is 0 Å². The SMILES string of the molecule is CCCCCC/C=C\C(CCCCCCC(=O)O)OC(=O)CCC. The molecule has 0 aromatic rings. The molecule has 1 atom stereocenters. The Bertz CT molecular complexity index is 350. The van der Waals surface area contributed by atoms with Gasteiger partial charge < -0.3 is 9.84 Å². The lowest BCUT2D eigenvalue weighted by Gasteiger charge is -2.14. The van der Waals surface area contributed by atoms with E-state index in [9.17, 15) is 9.59 Å². The van der Waals surface area contributed by atoms with Crippen LogP contribution in [-0.2, 0) is 14.3 Å². The second kappa shape index (κ2) is 16.5. The topological polar surface area (TPSA) is 63.6 Å². The summed E-state index contributed by atoms with van der Waals surface area (Å²) in [5.74, 6) is -0.851. The van der Waals surface area contributed by atoms with E-state index < -0.39 is 5.97 Å². The highest BCUT2D eigenvalue weighted by atomic mass is 16.5. The van der Waals surface area contributed by atoms with Gasteiger partial charge >= 0.3 is 11.9 Å². The summed E-state index contributed by atoms with van der Waals surface area (Å²) in [5, 5.41) is 8.62. The smallest absolute Gasteiger partial charge is 0.306 e. The van der Waals surface area contributed by atoms with E-state index >= 15 is 0 Å². The average Bonchev–Trinajstić information content (AvgIpc) is 2.53. The molecule has 0 aliphatic heterocycles. The van der Waals surface area contributed by atoms with Gasteiger partial charge in [-0.05, 0) is 44.6 Å². The van der Waals surface area contributed by atoms with Gasteiger partial charge in [-0.15, -0.1) is 0 Å². The fourth-order valence-corrected chi connectivity index (χ4v) is 2.54. The number of rotatable bonds is 16. The number of carboxylic acid groups (broad SMARTS) is 1. The minimum atomic E-state index is -0.729. The van der Waals surface area contributed by atoms with E-state index in [1.54, 1.807) is 0 Å². The van der Waals surface area contributed by atoms with E-state index in [-0.39, 0.29) is 18.5 Å². The minimum Gasteiger partial charge on any atom is -0.481 e. The number of hydrogen-bond acceptors (Lipinski definition) is 3. The number of carbonyl (C=O) groups excluding carboxylic acids is 1. The zero-order valence-corrected chi connectivity index (χ0v) is 15.6. The molecule has 0 aromatic carbocycles. The standard InChI is InChI=1S/C20H36O4/c1-3-5-6-7-8-11-15-18(24-20(23)14-4-2)16-12-9-10-13-17-19(21)22/h11,15,18H,3-10,12-14,16-17H2,1-2H3,(H,21,22)/b15-11-. The van der Waals surface area contributed by atoms with Crippen molar-refractivity contribution in [2.24, 2.45) is 0 Å². The van der Waals surface area contributed by atoms with Gasteiger partial charge in [-0.3, -0.25) is 9.59 Å². The predicted octanol–water partition coefficient (Wildman–Crippen LogP) is 5.65. The molecule has 4 heteroatoms. The van der Waals surface area contributed by atoms with Crippen molar-refractivity contribution < 1.29 is 19.4 Å². The van der Waals surface area contributed by atoms with Crippen LogP contribution in [0.1, 0.15) is 97.3 Å². The molecule has 140 valence electrons. The van der Waals surface area contributed by atoms with Crippen LogP contribution >= 0.6 is 0 Å². The van der Waals surface area contributed by atoms with Gasteiger partial charge in [-0.2, -0.15) is 0 Å². The summed E-state index contributed by atoms with van der Waals surface area (Å²) in [4.78, 5) is 22.2. The molecule has 0 bridgehead atoms. The monoisotopic (exact) mass is 340 g/mol. The first-order valence-corrected chi connectivity index (χ1v) is 9.68. The van der Waals surface area contributed by atoms with Crippen LogP contribution in [0.25, 0.3) is 0 Å². The number of aliphatic carboxylic acids is 1. The molecular formula is C20H36O4. The van der Waals surface area contributed by atoms with Gasteiger partial charge in [0.05, 0.1) is 0 Å². The summed E-state index contributed by atoms with van der Waals surface area (Å²) in [7, 11) is 0. The fourth-order valence-electron chi connectivity index (χ4n) is 2.54. The molecule has 0 aromatic heterocycles. The number of hydrogen-bond donors (Lipinski definition) is 1. The summed E-state index contributed by atoms with van der Waals surface area (Å²) in [5.41, 5.74) is 0. The molecule has 0 aliphatic carbocycles. The largest absolute Gasteiger partial charge is 0.481 e. The molecule has 0 spiro atoms. The van der Waals surface area contributed by atoms with Crippen LogP contribution in [0.5, 0.6) is 0 Å². The highest BCUT2D eigenvalue weighted by molar-refractivity contribution is 5.69. The first kappa shape index (κ1) is 22.7. The van der Waals surface area contributed by atoms with Crippen LogP contribution in [0.2, 0.25) is 0 Å². The highest BCUT2D eigenvalue weighted by Gasteiger charge is 2.10. The molecule has 24 heavy (non-hydrogen) atoms. The van der Waals surface area contributed by atoms with Gasteiger partial charge in [0.1, 0.15) is 6.10 Å². The van der Waals surface area contributed by atoms with Gasteiger partial charge in [0.25, 0.3) is 0 Å². The number of unbranched alkanes of at least 4 members (excludes halogenated alkanes) is 7. The molecule has 0 radical (unpaired) electrons. The molecular weight excluding hydrogens is 304 g/mol. The zero-order valence-electron chi connectivity index (χ0n) is 15.6. The molecule has 0 rings (SSSR count). The van der Waals surface area contributed by atoms with E-state index in [0.29, 0.717) is 6.42 Å². The predicted molar refractivity (Wildman–Crippen MR) is 98.0 cm³/mol. The van der Waals surface area contributed by atoms with Crippen LogP contribution < -0.4 is 0 Å². The summed E-state index contributed by atoms with van der Waals surface area (Å²) >= 11 is 0. The molecule has 4 nitrogen and oxygen atoms in total. The van der Waals surface area contributed by atoms with E-state index in [1.165, 1.54) is 25.7 Å². The van der Waals surface area contributed by atoms with Crippen LogP contribution in [0, 0.1) is 0 Å². The first-order valence-electron chi connectivity index (χ1n) is 9.68. The highest BCUT2D eigenvalue weighted by Crippen LogP contribution is 2.13. The molecule has 1 unspecified atom stereocenters. The maximum absolute atomic E-state index is 11.7. The van der Waals surface area contributed by atoms with E-state index in [1.807, 2.05) is 13.0 Å². The third-order valence-corrected chi connectivity index (χ3v) is 3.94. The Hall–Kier alpha value is -1.32. The third-order valence-electron chi connectivity index (χ3n) is 3.94. The molecule has 0 saturated carbocycles. The number of esters is 1. The minimum absolute atomic E-state index is 0.121. The molecule has 0 amide bonds. The van der Waals surface area contributed by atoms with Crippen LogP contribution in [-0.4, -0.2) is 23.1 Å². The van der Waals surface area contributed by atoms with Crippen molar-refractivity contribution in [2.45, 2.75) is 103 Å². The Kier molecular flexibility index (Phi) is 15.6. The van der Waals surface area contributed by atoms with Gasteiger partial charge in [0, 0.05) is 12.8 Å². The Morgan fingerprint density at radius 1 is 0.917 bits per heavy atom. The van der Waals surface area contributed by atoms with Crippen LogP contribution in [0.3, 0.4) is 0 Å². The lowest BCUT2D eigenvalue weighted by atomic mass is 10.1. The van der Waals surface area contributed by atoms with Crippen molar-refractivity contribution >= 4 is 11.9 Å². The van der Waals surface area contributed by atoms with Crippen LogP contribution in [0.4, 0.5) is 0 Å². The molecule has 0 heterocycles. The van der Waals surface area contributed by atoms with Crippen molar-refractivity contribution in [1.29, 1.82) is 0 Å². The maximum atomic E-state index is 11.7. The molecule has 1 N–H and O–H groups in total. The number of allylic oxidation sites excluding steroid dienone is 1. The lowest BCUT2D eigenvalue weighted by Crippen LogP contribution is -2.15. The lowest BCUT2D eigenvalue weighted by molar-refractivity contribution is -0.147. The summed E-state index contributed by atoms with van der Waals surface area (Å²) < 4.78 is 5.54. The van der Waals surface area contributed by atoms with Gasteiger partial charge in [0.15, 0.2) is 0 Å². The zero-order chi connectivity index (χ0) is 18.0. The second-order valence-electron chi connectivity index (χ2n) is 6.40. The molecule has 0 aliphatic rings. The van der Waals surface area contributed by atoms with Crippen molar-refractivity contribution in [3.63, 3.8) is 0 Å². The maximum Gasteiger partial charge on any atom is 0.306 e. The van der Waals surface area contributed by atoms with Gasteiger partial charge in [0.2, 0.25) is 0 Å². The third kappa shape index (κ3) is 15.6.